The second-order valence-corrected chi connectivity index (χ2v) is 5.02. The van der Waals surface area contributed by atoms with Gasteiger partial charge in [-0.25, -0.2) is 9.37 Å². The van der Waals surface area contributed by atoms with E-state index in [1.807, 2.05) is 11.4 Å². The number of aromatic nitrogens is 1. The van der Waals surface area contributed by atoms with E-state index in [1.54, 1.807) is 12.1 Å². The summed E-state index contributed by atoms with van der Waals surface area (Å²) in [5.41, 5.74) is 1.54. The first kappa shape index (κ1) is 12.2. The molecule has 0 fully saturated rings. The van der Waals surface area contributed by atoms with E-state index in [2.05, 4.69) is 24.1 Å². The minimum Gasteiger partial charge on any atom is -0.309 e. The minimum absolute atomic E-state index is 0.217. The Morgan fingerprint density at radius 1 is 1.35 bits per heavy atom. The SMILES string of the molecule is CC(C)NCc1csc(-c2ccccc2F)n1. The molecule has 90 valence electrons. The topological polar surface area (TPSA) is 24.9 Å². The summed E-state index contributed by atoms with van der Waals surface area (Å²) in [5, 5.41) is 6.00. The average Bonchev–Trinajstić information content (AvgIpc) is 2.75. The predicted molar refractivity (Wildman–Crippen MR) is 69.5 cm³/mol. The lowest BCUT2D eigenvalue weighted by molar-refractivity contribution is 0.583. The molecule has 0 aliphatic heterocycles. The number of nitrogens with one attached hydrogen (secondary N) is 1. The van der Waals surface area contributed by atoms with Crippen LogP contribution in [0.1, 0.15) is 19.5 Å². The van der Waals surface area contributed by atoms with Crippen LogP contribution in [0, 0.1) is 5.82 Å². The van der Waals surface area contributed by atoms with Gasteiger partial charge in [-0.3, -0.25) is 0 Å². The standard InChI is InChI=1S/C13H15FN2S/c1-9(2)15-7-10-8-17-13(16-10)11-5-3-4-6-12(11)14/h3-6,8-9,15H,7H2,1-2H3. The maximum Gasteiger partial charge on any atom is 0.133 e. The lowest BCUT2D eigenvalue weighted by atomic mass is 10.2. The molecule has 0 aliphatic rings. The molecule has 4 heteroatoms. The third kappa shape index (κ3) is 3.11. The molecule has 2 nitrogen and oxygen atoms in total. The molecule has 1 aromatic carbocycles. The molecule has 0 bridgehead atoms. The lowest BCUT2D eigenvalue weighted by Crippen LogP contribution is -2.21. The number of hydrogen-bond acceptors (Lipinski definition) is 3. The Morgan fingerprint density at radius 3 is 2.82 bits per heavy atom. The molecular weight excluding hydrogens is 235 g/mol. The van der Waals surface area contributed by atoms with Crippen molar-refractivity contribution in [2.45, 2.75) is 26.4 Å². The second kappa shape index (κ2) is 5.38. The van der Waals surface area contributed by atoms with E-state index in [0.717, 1.165) is 17.2 Å². The zero-order valence-electron chi connectivity index (χ0n) is 9.90. The monoisotopic (exact) mass is 250 g/mol. The number of nitrogens with zero attached hydrogens (tertiary/aromatic N) is 1. The van der Waals surface area contributed by atoms with Crippen molar-refractivity contribution < 1.29 is 4.39 Å². The Bertz CT molecular complexity index is 494. The minimum atomic E-state index is -0.217. The van der Waals surface area contributed by atoms with E-state index in [-0.39, 0.29) is 5.82 Å². The Balaban J connectivity index is 2.16. The number of halogens is 1. The van der Waals surface area contributed by atoms with Crippen LogP contribution < -0.4 is 5.32 Å². The van der Waals surface area contributed by atoms with E-state index in [1.165, 1.54) is 17.4 Å². The fraction of sp³-hybridized carbons (Fsp3) is 0.308. The molecule has 0 atom stereocenters. The van der Waals surface area contributed by atoms with Crippen LogP contribution in [0.15, 0.2) is 29.6 Å². The first-order valence-electron chi connectivity index (χ1n) is 5.59. The van der Waals surface area contributed by atoms with Crippen LogP contribution in [0.3, 0.4) is 0 Å². The summed E-state index contributed by atoms with van der Waals surface area (Å²) in [6, 6.07) is 7.16. The molecule has 1 heterocycles. The number of rotatable bonds is 4. The van der Waals surface area contributed by atoms with Gasteiger partial charge in [0, 0.05) is 23.5 Å². The highest BCUT2D eigenvalue weighted by Gasteiger charge is 2.08. The van der Waals surface area contributed by atoms with Crippen LogP contribution in [0.4, 0.5) is 4.39 Å². The smallest absolute Gasteiger partial charge is 0.133 e. The van der Waals surface area contributed by atoms with Gasteiger partial charge in [-0.2, -0.15) is 0 Å². The summed E-state index contributed by atoms with van der Waals surface area (Å²) in [6.07, 6.45) is 0. The van der Waals surface area contributed by atoms with E-state index in [9.17, 15) is 4.39 Å². The van der Waals surface area contributed by atoms with Crippen molar-refractivity contribution in [2.24, 2.45) is 0 Å². The number of benzene rings is 1. The van der Waals surface area contributed by atoms with E-state index >= 15 is 0 Å². The first-order chi connectivity index (χ1) is 8.16. The molecule has 1 aromatic heterocycles. The average molecular weight is 250 g/mol. The normalized spacial score (nSPS) is 11.1. The van der Waals surface area contributed by atoms with Crippen molar-refractivity contribution in [1.29, 1.82) is 0 Å². The van der Waals surface area contributed by atoms with Crippen LogP contribution in [0.5, 0.6) is 0 Å². The molecule has 2 rings (SSSR count). The van der Waals surface area contributed by atoms with Gasteiger partial charge in [-0.1, -0.05) is 26.0 Å². The highest BCUT2D eigenvalue weighted by Crippen LogP contribution is 2.25. The van der Waals surface area contributed by atoms with Crippen molar-refractivity contribution in [3.63, 3.8) is 0 Å². The van der Waals surface area contributed by atoms with Crippen molar-refractivity contribution >= 4 is 11.3 Å². The van der Waals surface area contributed by atoms with Gasteiger partial charge < -0.3 is 5.32 Å². The summed E-state index contributed by atoms with van der Waals surface area (Å²) in [6.45, 7) is 4.90. The molecule has 2 aromatic rings. The summed E-state index contributed by atoms with van der Waals surface area (Å²) in [4.78, 5) is 4.43. The van der Waals surface area contributed by atoms with Gasteiger partial charge in [0.05, 0.1) is 5.69 Å². The summed E-state index contributed by atoms with van der Waals surface area (Å²) in [7, 11) is 0. The van der Waals surface area contributed by atoms with Crippen LogP contribution in [-0.4, -0.2) is 11.0 Å². The van der Waals surface area contributed by atoms with Gasteiger partial charge >= 0.3 is 0 Å². The summed E-state index contributed by atoms with van der Waals surface area (Å²) in [5.74, 6) is -0.217. The van der Waals surface area contributed by atoms with Crippen LogP contribution in [-0.2, 0) is 6.54 Å². The Morgan fingerprint density at radius 2 is 2.12 bits per heavy atom. The zero-order chi connectivity index (χ0) is 12.3. The van der Waals surface area contributed by atoms with E-state index < -0.39 is 0 Å². The van der Waals surface area contributed by atoms with E-state index in [4.69, 9.17) is 0 Å². The number of thiazole rings is 1. The second-order valence-electron chi connectivity index (χ2n) is 4.16. The van der Waals surface area contributed by atoms with Gasteiger partial charge in [0.1, 0.15) is 10.8 Å². The molecule has 0 saturated heterocycles. The molecule has 0 radical (unpaired) electrons. The van der Waals surface area contributed by atoms with Gasteiger partial charge in [0.15, 0.2) is 0 Å². The van der Waals surface area contributed by atoms with Gasteiger partial charge in [-0.05, 0) is 12.1 Å². The molecule has 0 aliphatic carbocycles. The highest BCUT2D eigenvalue weighted by molar-refractivity contribution is 7.13. The van der Waals surface area contributed by atoms with Crippen molar-refractivity contribution in [3.8, 4) is 10.6 Å². The zero-order valence-corrected chi connectivity index (χ0v) is 10.7. The molecule has 17 heavy (non-hydrogen) atoms. The molecule has 1 N–H and O–H groups in total. The van der Waals surface area contributed by atoms with Crippen LogP contribution in [0.25, 0.3) is 10.6 Å². The molecule has 0 amide bonds. The van der Waals surface area contributed by atoms with Crippen LogP contribution >= 0.6 is 11.3 Å². The summed E-state index contributed by atoms with van der Waals surface area (Å²) >= 11 is 1.48. The Hall–Kier alpha value is -1.26. The van der Waals surface area contributed by atoms with Gasteiger partial charge in [0.2, 0.25) is 0 Å². The Labute approximate surface area is 105 Å². The van der Waals surface area contributed by atoms with Crippen LogP contribution in [0.2, 0.25) is 0 Å². The fourth-order valence-corrected chi connectivity index (χ4v) is 2.30. The largest absolute Gasteiger partial charge is 0.309 e. The number of hydrogen-bond donors (Lipinski definition) is 1. The van der Waals surface area contributed by atoms with Gasteiger partial charge in [0.25, 0.3) is 0 Å². The molecular formula is C13H15FN2S. The fourth-order valence-electron chi connectivity index (χ4n) is 1.46. The van der Waals surface area contributed by atoms with E-state index in [0.29, 0.717) is 11.6 Å². The quantitative estimate of drug-likeness (QED) is 0.899. The maximum absolute atomic E-state index is 13.5. The molecule has 0 saturated carbocycles. The first-order valence-corrected chi connectivity index (χ1v) is 6.47. The predicted octanol–water partition coefficient (Wildman–Crippen LogP) is 3.45. The van der Waals surface area contributed by atoms with Crippen molar-refractivity contribution in [3.05, 3.63) is 41.2 Å². The molecule has 0 unspecified atom stereocenters. The third-order valence-corrected chi connectivity index (χ3v) is 3.27. The molecule has 0 spiro atoms. The maximum atomic E-state index is 13.5. The van der Waals surface area contributed by atoms with Crippen molar-refractivity contribution in [1.82, 2.24) is 10.3 Å². The summed E-state index contributed by atoms with van der Waals surface area (Å²) < 4.78 is 13.5. The van der Waals surface area contributed by atoms with Crippen molar-refractivity contribution in [2.75, 3.05) is 0 Å². The van der Waals surface area contributed by atoms with Gasteiger partial charge in [-0.15, -0.1) is 11.3 Å². The lowest BCUT2D eigenvalue weighted by Gasteiger charge is -2.04. The highest BCUT2D eigenvalue weighted by atomic mass is 32.1. The third-order valence-electron chi connectivity index (χ3n) is 2.35. The Kier molecular flexibility index (Phi) is 3.86.